The molecular weight excluding hydrogens is 312 g/mol. The lowest BCUT2D eigenvalue weighted by Crippen LogP contribution is -2.42. The fourth-order valence-electron chi connectivity index (χ4n) is 2.41. The van der Waals surface area contributed by atoms with Gasteiger partial charge in [-0.2, -0.15) is 5.10 Å². The van der Waals surface area contributed by atoms with Gasteiger partial charge in [0, 0.05) is 19.7 Å². The van der Waals surface area contributed by atoms with Crippen LogP contribution in [-0.2, 0) is 11.3 Å². The molecule has 124 valence electrons. The van der Waals surface area contributed by atoms with E-state index in [-0.39, 0.29) is 23.7 Å². The number of nitrogens with one attached hydrogen (secondary N) is 2. The quantitative estimate of drug-likeness (QED) is 0.851. The number of hydrogen-bond donors (Lipinski definition) is 2. The summed E-state index contributed by atoms with van der Waals surface area (Å²) < 4.78 is 5.55. The molecule has 0 saturated carbocycles. The van der Waals surface area contributed by atoms with Crippen molar-refractivity contribution in [2.45, 2.75) is 19.6 Å². The zero-order valence-corrected chi connectivity index (χ0v) is 13.2. The molecule has 2 N–H and O–H groups in total. The lowest BCUT2D eigenvalue weighted by Gasteiger charge is -2.30. The average Bonchev–Trinajstić information content (AvgIpc) is 2.58. The van der Waals surface area contributed by atoms with Crippen LogP contribution >= 0.6 is 0 Å². The zero-order valence-electron chi connectivity index (χ0n) is 13.2. The summed E-state index contributed by atoms with van der Waals surface area (Å²) in [5.41, 5.74) is 1.22. The van der Waals surface area contributed by atoms with Gasteiger partial charge in [0.05, 0.1) is 5.69 Å². The molecular formula is C16H16N4O4. The Labute approximate surface area is 137 Å². The molecule has 2 heterocycles. The molecule has 0 radical (unpaired) electrons. The first-order chi connectivity index (χ1) is 11.5. The maximum absolute atomic E-state index is 12.0. The number of aromatic amines is 1. The Morgan fingerprint density at radius 3 is 2.83 bits per heavy atom. The standard InChI is InChI=1S/C16H16N4O4/c1-9-16(23)20(2)12-7-10(3-5-13(12)24-9)8-17-15(22)11-4-6-14(21)19-18-11/h3-7,9H,8H2,1-2H3,(H,17,22)(H,19,21). The molecule has 2 aromatic rings. The van der Waals surface area contributed by atoms with Gasteiger partial charge in [0.1, 0.15) is 11.4 Å². The van der Waals surface area contributed by atoms with Crippen molar-refractivity contribution in [1.82, 2.24) is 15.5 Å². The average molecular weight is 328 g/mol. The van der Waals surface area contributed by atoms with Gasteiger partial charge in [-0.3, -0.25) is 14.4 Å². The Balaban J connectivity index is 1.73. The number of hydrogen-bond acceptors (Lipinski definition) is 5. The minimum atomic E-state index is -0.514. The second-order valence-electron chi connectivity index (χ2n) is 5.45. The van der Waals surface area contributed by atoms with Crippen molar-refractivity contribution in [3.8, 4) is 5.75 Å². The highest BCUT2D eigenvalue weighted by Gasteiger charge is 2.28. The van der Waals surface area contributed by atoms with Gasteiger partial charge in [-0.25, -0.2) is 5.10 Å². The predicted molar refractivity (Wildman–Crippen MR) is 86.0 cm³/mol. The number of rotatable bonds is 3. The lowest BCUT2D eigenvalue weighted by molar-refractivity contribution is -0.125. The Bertz CT molecular complexity index is 841. The topological polar surface area (TPSA) is 104 Å². The molecule has 1 atom stereocenters. The van der Waals surface area contributed by atoms with Gasteiger partial charge < -0.3 is 15.0 Å². The second-order valence-corrected chi connectivity index (χ2v) is 5.45. The fourth-order valence-corrected chi connectivity index (χ4v) is 2.41. The minimum Gasteiger partial charge on any atom is -0.479 e. The smallest absolute Gasteiger partial charge is 0.271 e. The monoisotopic (exact) mass is 328 g/mol. The van der Waals surface area contributed by atoms with Gasteiger partial charge in [-0.15, -0.1) is 0 Å². The lowest BCUT2D eigenvalue weighted by atomic mass is 10.1. The number of H-pyrrole nitrogens is 1. The number of nitrogens with zero attached hydrogens (tertiary/aromatic N) is 2. The van der Waals surface area contributed by atoms with Gasteiger partial charge in [0.25, 0.3) is 17.4 Å². The molecule has 2 amide bonds. The van der Waals surface area contributed by atoms with Crippen molar-refractivity contribution in [3.05, 3.63) is 51.9 Å². The number of aromatic nitrogens is 2. The number of fused-ring (bicyclic) bond motifs is 1. The van der Waals surface area contributed by atoms with Crippen molar-refractivity contribution >= 4 is 17.5 Å². The van der Waals surface area contributed by atoms with E-state index in [1.807, 2.05) is 6.07 Å². The molecule has 1 aliphatic rings. The fraction of sp³-hybridized carbons (Fsp3) is 0.250. The van der Waals surface area contributed by atoms with E-state index in [2.05, 4.69) is 15.5 Å². The molecule has 1 aromatic carbocycles. The van der Waals surface area contributed by atoms with Crippen LogP contribution in [0.25, 0.3) is 0 Å². The first kappa shape index (κ1) is 15.7. The summed E-state index contributed by atoms with van der Waals surface area (Å²) in [5.74, 6) is 0.0985. The summed E-state index contributed by atoms with van der Waals surface area (Å²) in [5, 5.41) is 8.58. The Morgan fingerprint density at radius 1 is 1.33 bits per heavy atom. The molecule has 0 saturated heterocycles. The molecule has 1 unspecified atom stereocenters. The van der Waals surface area contributed by atoms with Crippen LogP contribution in [0.15, 0.2) is 35.1 Å². The minimum absolute atomic E-state index is 0.122. The molecule has 3 rings (SSSR count). The molecule has 0 fully saturated rings. The second kappa shape index (κ2) is 6.15. The van der Waals surface area contributed by atoms with Crippen LogP contribution in [0, 0.1) is 0 Å². The Kier molecular flexibility index (Phi) is 4.03. The molecule has 0 spiro atoms. The van der Waals surface area contributed by atoms with Crippen molar-refractivity contribution in [2.75, 3.05) is 11.9 Å². The molecule has 24 heavy (non-hydrogen) atoms. The van der Waals surface area contributed by atoms with E-state index < -0.39 is 12.0 Å². The van der Waals surface area contributed by atoms with E-state index in [4.69, 9.17) is 4.74 Å². The van der Waals surface area contributed by atoms with E-state index in [0.29, 0.717) is 11.4 Å². The van der Waals surface area contributed by atoms with E-state index >= 15 is 0 Å². The predicted octanol–water partition coefficient (Wildman–Crippen LogP) is 0.444. The van der Waals surface area contributed by atoms with Gasteiger partial charge in [0.2, 0.25) is 0 Å². The molecule has 8 heteroatoms. The molecule has 0 bridgehead atoms. The zero-order chi connectivity index (χ0) is 17.3. The van der Waals surface area contributed by atoms with E-state index in [1.165, 1.54) is 17.0 Å². The van der Waals surface area contributed by atoms with Crippen molar-refractivity contribution in [1.29, 1.82) is 0 Å². The normalized spacial score (nSPS) is 16.3. The maximum Gasteiger partial charge on any atom is 0.271 e. The third-order valence-corrected chi connectivity index (χ3v) is 3.73. The first-order valence-corrected chi connectivity index (χ1v) is 7.37. The number of ether oxygens (including phenoxy) is 1. The Hall–Kier alpha value is -3.16. The largest absolute Gasteiger partial charge is 0.479 e. The summed E-state index contributed by atoms with van der Waals surface area (Å²) in [7, 11) is 1.69. The molecule has 8 nitrogen and oxygen atoms in total. The van der Waals surface area contributed by atoms with E-state index in [1.54, 1.807) is 26.1 Å². The molecule has 1 aliphatic heterocycles. The van der Waals surface area contributed by atoms with Crippen LogP contribution in [0.5, 0.6) is 5.75 Å². The van der Waals surface area contributed by atoms with Gasteiger partial charge in [0.15, 0.2) is 6.10 Å². The van der Waals surface area contributed by atoms with Gasteiger partial charge in [-0.1, -0.05) is 6.07 Å². The molecule has 0 aliphatic carbocycles. The number of amides is 2. The van der Waals surface area contributed by atoms with Crippen molar-refractivity contribution in [3.63, 3.8) is 0 Å². The summed E-state index contributed by atoms with van der Waals surface area (Å²) in [6.45, 7) is 1.96. The van der Waals surface area contributed by atoms with E-state index in [9.17, 15) is 14.4 Å². The van der Waals surface area contributed by atoms with Gasteiger partial charge in [-0.05, 0) is 30.7 Å². The number of likely N-dealkylation sites (N-methyl/N-ethyl adjacent to an activating group) is 1. The van der Waals surface area contributed by atoms with Crippen molar-refractivity contribution in [2.24, 2.45) is 0 Å². The number of anilines is 1. The maximum atomic E-state index is 12.0. The van der Waals surface area contributed by atoms with Crippen LogP contribution in [0.2, 0.25) is 0 Å². The van der Waals surface area contributed by atoms with E-state index in [0.717, 1.165) is 5.56 Å². The van der Waals surface area contributed by atoms with Crippen LogP contribution in [0.1, 0.15) is 23.0 Å². The van der Waals surface area contributed by atoms with Gasteiger partial charge >= 0.3 is 0 Å². The SMILES string of the molecule is CC1Oc2ccc(CNC(=O)c3ccc(=O)[nH]n3)cc2N(C)C1=O. The van der Waals surface area contributed by atoms with Crippen molar-refractivity contribution < 1.29 is 14.3 Å². The number of carbonyl (C=O) groups is 2. The van der Waals surface area contributed by atoms with Crippen LogP contribution in [-0.4, -0.2) is 35.2 Å². The summed E-state index contributed by atoms with van der Waals surface area (Å²) in [6.07, 6.45) is -0.514. The highest BCUT2D eigenvalue weighted by Crippen LogP contribution is 2.33. The summed E-state index contributed by atoms with van der Waals surface area (Å²) in [4.78, 5) is 36.5. The van der Waals surface area contributed by atoms with Crippen LogP contribution < -0.4 is 20.5 Å². The van der Waals surface area contributed by atoms with Crippen LogP contribution in [0.4, 0.5) is 5.69 Å². The third-order valence-electron chi connectivity index (χ3n) is 3.73. The highest BCUT2D eigenvalue weighted by molar-refractivity contribution is 5.99. The summed E-state index contributed by atoms with van der Waals surface area (Å²) in [6, 6.07) is 7.96. The first-order valence-electron chi connectivity index (χ1n) is 7.37. The molecule has 1 aromatic heterocycles. The van der Waals surface area contributed by atoms with Crippen LogP contribution in [0.3, 0.4) is 0 Å². The third kappa shape index (κ3) is 2.98. The number of benzene rings is 1. The summed E-state index contributed by atoms with van der Waals surface area (Å²) >= 11 is 0. The number of carbonyl (C=O) groups excluding carboxylic acids is 2. The Morgan fingerprint density at radius 2 is 2.12 bits per heavy atom. The highest BCUT2D eigenvalue weighted by atomic mass is 16.5.